The molecule has 0 spiro atoms. The number of urea groups is 1. The second-order valence-electron chi connectivity index (χ2n) is 38.1. The normalized spacial score (nSPS) is 22.3. The van der Waals surface area contributed by atoms with Crippen molar-refractivity contribution in [3.63, 3.8) is 0 Å². The number of fused-ring (bicyclic) bond motifs is 2. The van der Waals surface area contributed by atoms with Crippen LogP contribution >= 0.6 is 23.4 Å². The molecule has 1 aliphatic carbocycles. The van der Waals surface area contributed by atoms with Crippen LogP contribution in [0.4, 0.5) is 4.79 Å². The molecule has 2 aliphatic heterocycles. The van der Waals surface area contributed by atoms with E-state index < -0.39 is 272 Å². The van der Waals surface area contributed by atoms with Crippen LogP contribution in [0.2, 0.25) is 5.02 Å². The lowest BCUT2D eigenvalue weighted by Crippen LogP contribution is -2.62. The molecule has 4 aromatic carbocycles. The number of benzene rings is 4. The van der Waals surface area contributed by atoms with E-state index in [0.29, 0.717) is 52.2 Å². The number of phenols is 1. The number of aliphatic hydroxyl groups is 1. The van der Waals surface area contributed by atoms with Crippen molar-refractivity contribution in [1.29, 1.82) is 0 Å². The highest BCUT2D eigenvalue weighted by molar-refractivity contribution is 8.00. The maximum atomic E-state index is 16.1. The molecule has 0 radical (unpaired) electrons. The molecule has 1 saturated carbocycles. The maximum Gasteiger partial charge on any atom is 0.317 e. The molecule has 0 bridgehead atoms. The Hall–Kier alpha value is -14.6. The van der Waals surface area contributed by atoms with E-state index >= 15 is 52.7 Å². The van der Waals surface area contributed by atoms with Crippen LogP contribution in [0, 0.1) is 5.92 Å². The number of rotatable bonds is 39. The Morgan fingerprint density at radius 2 is 1.07 bits per heavy atom. The minimum Gasteiger partial charge on any atom is -0.508 e. The number of hydrogen-bond acceptors (Lipinski definition) is 26. The highest BCUT2D eigenvalue weighted by Gasteiger charge is 2.44. The predicted octanol–water partition coefficient (Wildman–Crippen LogP) is -2.97. The molecule has 2 unspecified atom stereocenters. The molecule has 6 aromatic rings. The number of carboxylic acid groups (broad SMARTS) is 2. The van der Waals surface area contributed by atoms with Crippen LogP contribution in [0.15, 0.2) is 103 Å². The zero-order valence-electron chi connectivity index (χ0n) is 84.5. The lowest BCUT2D eigenvalue weighted by atomic mass is 9.79. The molecule has 816 valence electrons. The fraction of sp³-hybridized carbons (Fsp3) is 0.520. The van der Waals surface area contributed by atoms with Crippen molar-refractivity contribution in [3.05, 3.63) is 136 Å². The van der Waals surface area contributed by atoms with Gasteiger partial charge in [0, 0.05) is 152 Å². The summed E-state index contributed by atoms with van der Waals surface area (Å²) in [5.74, 6) is -22.2. The number of nitrogens with two attached hydrogens (primary N) is 6. The maximum absolute atomic E-state index is 16.1. The van der Waals surface area contributed by atoms with E-state index in [-0.39, 0.29) is 150 Å². The van der Waals surface area contributed by atoms with E-state index in [1.807, 2.05) is 0 Å². The first-order valence-electron chi connectivity index (χ1n) is 49.8. The van der Waals surface area contributed by atoms with Gasteiger partial charge in [-0.1, -0.05) is 79.0 Å². The zero-order valence-corrected chi connectivity index (χ0v) is 86.1. The number of halogens is 1. The van der Waals surface area contributed by atoms with Crippen LogP contribution < -0.4 is 98.2 Å². The van der Waals surface area contributed by atoms with Gasteiger partial charge < -0.3 is 142 Å². The van der Waals surface area contributed by atoms with Crippen molar-refractivity contribution in [2.45, 2.75) is 233 Å². The molecule has 2 aromatic heterocycles. The molecule has 150 heavy (non-hydrogen) atoms. The first kappa shape index (κ1) is 119. The van der Waals surface area contributed by atoms with Crippen molar-refractivity contribution in [2.75, 3.05) is 78.0 Å². The zero-order chi connectivity index (χ0) is 110. The number of piperazine rings is 1. The van der Waals surface area contributed by atoms with Crippen molar-refractivity contribution < 1.29 is 116 Å². The summed E-state index contributed by atoms with van der Waals surface area (Å²) in [6, 6.07) is 0.278. The van der Waals surface area contributed by atoms with Crippen LogP contribution in [0.5, 0.6) is 5.75 Å². The van der Waals surface area contributed by atoms with Gasteiger partial charge in [0.1, 0.15) is 72.2 Å². The number of aromatic nitrogens is 2. The van der Waals surface area contributed by atoms with Gasteiger partial charge >= 0.3 is 18.0 Å². The number of aryl methyl sites for hydroxylation is 2. The molecule has 50 heteroatoms. The van der Waals surface area contributed by atoms with Crippen LogP contribution in [0.3, 0.4) is 0 Å². The summed E-state index contributed by atoms with van der Waals surface area (Å²) < 4.78 is 3.37. The minimum atomic E-state index is -2.03. The first-order chi connectivity index (χ1) is 71.3. The van der Waals surface area contributed by atoms with E-state index in [9.17, 15) is 63.6 Å². The average molecular weight is 2130 g/mol. The highest BCUT2D eigenvalue weighted by Crippen LogP contribution is 2.33. The number of thioether (sulfide) groups is 1. The number of unbranched alkanes of at least 4 members (excludes halogenated alkanes) is 2. The van der Waals surface area contributed by atoms with Crippen LogP contribution in [0.1, 0.15) is 155 Å². The average Bonchev–Trinajstić information content (AvgIpc) is 1.61. The number of hydrogen-bond donors (Lipinski definition) is 22. The fourth-order valence-corrected chi connectivity index (χ4v) is 19.5. The number of nitrogens with one attached hydrogen (secondary N) is 12. The SMILES string of the molecule is C[C@@H](O)[C@@H]1NC(=O)[C@H](Cc2cn(C)c3ccccc23)NC(=O)[C@H](CCCCNC(=O)N2CCN(CC(=O)O)CC2)NC(=O)C(Cc2cn(C)c3c(Cl)cccc23)NC(=O)[C@H](CCC(=O)O)N(C)C(=O)[C@H](CCCC(N)=O)NC(=O)[C@H](C2CCC2)NC(=O)[C@H](CC(N)=O)NC(=O)[C@H](Cc2cccc(O)c2)N(C)C(=O)[C@@H](Cc2cccc(C(N)=O)c2)NC(=O)CSCC(CN[C@H](CCCCN)C(N)=O)NC(=O)[C@H](CCCC(N)=O)NC1=O. The standard InChI is InChI=1S/C100H139ClN24O24S/c1-55(126)84-96(145)113-69(29-16-32-78(103)128)89(138)110-62(49-109-67(88(107)137)27-8-10-36-102)53-150-54-81(131)111-74(44-56-18-12-22-59(42-56)87(106)136)99(148)123(5)77(45-57-19-13-23-63(127)43-57)95(144)117-73(48-80(105)130)93(142)119-85(58-20-14-21-58)97(146)114-70(30-17-33-79(104)129)98(147)122(4)76(34-35-82(132)133)94(143)116-71(47-61-51-121(3)86-65(61)25-15-26-66(86)101)91(140)112-68(28-9-11-37-108-100(149)125-40-38-124(39-41-125)52-83(134)135)90(139)115-72(92(141)118-84)46-60-50-120(2)75-31-7-6-24-64(60)75/h6-7,12-13,15,18-19,22-26,31,42-43,50-51,55,58,62,67-74,76-77,84-85,109,126-127H,8-11,14,16-17,20-21,27-30,32-41,44-49,52-54,102H2,1-5H3,(H2,103,128)(H2,104,129)(H2,105,130)(H2,106,136)(H2,107,137)(H,108,149)(H,110,138)(H,111,131)(H,112,140)(H,113,145)(H,114,146)(H,115,139)(H,116,143)(H,117,144)(H,118,141)(H,119,142)(H,132,133)(H,134,135)/t55-,62?,67-,68+,69+,70+,71?,72+,73+,74-,76+,77+,84+,85+/m1/s1. The number of amides is 19. The molecular formula is C100H139ClN24O24S. The minimum absolute atomic E-state index is 0.0217. The second kappa shape index (κ2) is 57.8. The van der Waals surface area contributed by atoms with Gasteiger partial charge in [0.2, 0.25) is 100 Å². The second-order valence-corrected chi connectivity index (χ2v) is 39.6. The number of likely N-dealkylation sites (N-methyl/N-ethyl adjacent to an activating group) is 2. The molecule has 9 rings (SSSR count). The van der Waals surface area contributed by atoms with Gasteiger partial charge in [-0.25, -0.2) is 4.79 Å². The quantitative estimate of drug-likeness (QED) is 0.0171. The summed E-state index contributed by atoms with van der Waals surface area (Å²) in [4.78, 5) is 293. The highest BCUT2D eigenvalue weighted by atomic mass is 35.5. The number of primary amides is 5. The number of aromatic hydroxyl groups is 1. The van der Waals surface area contributed by atoms with Crippen LogP contribution in [0.25, 0.3) is 21.8 Å². The number of carbonyl (C=O) groups excluding carboxylic acids is 18. The largest absolute Gasteiger partial charge is 0.508 e. The molecule has 2 saturated heterocycles. The summed E-state index contributed by atoms with van der Waals surface area (Å²) in [7, 11) is 5.61. The Morgan fingerprint density at radius 3 is 1.69 bits per heavy atom. The number of nitrogens with zero attached hydrogens (tertiary/aromatic N) is 6. The van der Waals surface area contributed by atoms with Gasteiger partial charge in [-0.2, -0.15) is 0 Å². The van der Waals surface area contributed by atoms with E-state index in [1.54, 1.807) is 83.0 Å². The summed E-state index contributed by atoms with van der Waals surface area (Å²) in [5, 5.41) is 76.3. The third-order valence-corrected chi connectivity index (χ3v) is 28.1. The molecule has 28 N–H and O–H groups in total. The summed E-state index contributed by atoms with van der Waals surface area (Å²) in [6.45, 7) is 1.64. The Labute approximate surface area is 875 Å². The third kappa shape index (κ3) is 35.9. The van der Waals surface area contributed by atoms with Gasteiger partial charge in [0.25, 0.3) is 0 Å². The number of carbonyl (C=O) groups is 20. The summed E-state index contributed by atoms with van der Waals surface area (Å²) in [6.07, 6.45) is -3.20. The number of para-hydroxylation sites is 2. The van der Waals surface area contributed by atoms with Gasteiger partial charge in [-0.05, 0) is 155 Å². The van der Waals surface area contributed by atoms with Gasteiger partial charge in [-0.15, -0.1) is 11.8 Å². The molecule has 3 aliphatic rings. The van der Waals surface area contributed by atoms with Gasteiger partial charge in [0.15, 0.2) is 0 Å². The van der Waals surface area contributed by atoms with Crippen molar-refractivity contribution >= 4 is 164 Å². The predicted molar refractivity (Wildman–Crippen MR) is 551 cm³/mol. The molecule has 19 amide bonds. The fourth-order valence-electron chi connectivity index (χ4n) is 18.3. The van der Waals surface area contributed by atoms with Crippen molar-refractivity contribution in [1.82, 2.24) is 92.5 Å². The van der Waals surface area contributed by atoms with Gasteiger partial charge in [0.05, 0.1) is 47.4 Å². The monoisotopic (exact) mass is 2130 g/mol. The lowest BCUT2D eigenvalue weighted by Gasteiger charge is -2.36. The van der Waals surface area contributed by atoms with E-state index in [0.717, 1.165) is 35.5 Å². The first-order valence-corrected chi connectivity index (χ1v) is 51.3. The van der Waals surface area contributed by atoms with Crippen LogP contribution in [-0.4, -0.2) is 330 Å². The van der Waals surface area contributed by atoms with E-state index in [2.05, 4.69) is 63.8 Å². The third-order valence-electron chi connectivity index (χ3n) is 26.6. The Balaban J connectivity index is 1.19. The number of aliphatic carboxylic acids is 2. The molecule has 3 fully saturated rings. The Kier molecular flexibility index (Phi) is 45.9. The summed E-state index contributed by atoms with van der Waals surface area (Å²) >= 11 is 7.69. The summed E-state index contributed by atoms with van der Waals surface area (Å²) in [5.41, 5.74) is 36.8. The Bertz CT molecular complexity index is 5850. The van der Waals surface area contributed by atoms with E-state index in [1.165, 1.54) is 60.5 Å². The lowest BCUT2D eigenvalue weighted by molar-refractivity contribution is -0.145. The molecule has 48 nitrogen and oxygen atoms in total. The number of aliphatic hydroxyl groups excluding tert-OH is 1. The molecule has 14 atom stereocenters. The Morgan fingerprint density at radius 1 is 0.513 bits per heavy atom. The molecule has 4 heterocycles. The molecular weight excluding hydrogens is 1990 g/mol. The van der Waals surface area contributed by atoms with Crippen molar-refractivity contribution in [3.8, 4) is 5.75 Å². The topological polar surface area (TPSA) is 746 Å². The van der Waals surface area contributed by atoms with Crippen molar-refractivity contribution in [2.24, 2.45) is 54.4 Å². The smallest absolute Gasteiger partial charge is 0.317 e. The van der Waals surface area contributed by atoms with Crippen LogP contribution in [-0.2, 0) is 126 Å². The number of phenolic OH excluding ortho intramolecular Hbond substituents is 1. The number of carboxylic acids is 2. The van der Waals surface area contributed by atoms with Gasteiger partial charge in [-0.3, -0.25) is 96.0 Å². The van der Waals surface area contributed by atoms with E-state index in [4.69, 9.17) is 46.0 Å².